The van der Waals surface area contributed by atoms with Crippen LogP contribution in [-0.2, 0) is 17.8 Å². The van der Waals surface area contributed by atoms with E-state index in [4.69, 9.17) is 14.5 Å². The summed E-state index contributed by atoms with van der Waals surface area (Å²) in [6.07, 6.45) is 3.12. The van der Waals surface area contributed by atoms with Gasteiger partial charge in [-0.2, -0.15) is 0 Å². The molecule has 0 spiro atoms. The third kappa shape index (κ3) is 5.73. The Balaban J connectivity index is 1.62. The largest absolute Gasteiger partial charge is 0.497 e. The molecule has 0 atom stereocenters. The number of aryl methyl sites for hydroxylation is 1. The number of nitrogens with one attached hydrogen (secondary N) is 1. The molecule has 3 aromatic rings. The fourth-order valence-corrected chi connectivity index (χ4v) is 3.30. The summed E-state index contributed by atoms with van der Waals surface area (Å²) in [6, 6.07) is 15.8. The van der Waals surface area contributed by atoms with Crippen molar-refractivity contribution in [1.29, 1.82) is 0 Å². The first-order chi connectivity index (χ1) is 14.2. The molecule has 6 heteroatoms. The smallest absolute Gasteiger partial charge is 0.219 e. The van der Waals surface area contributed by atoms with Crippen LogP contribution in [0.15, 0.2) is 48.5 Å². The lowest BCUT2D eigenvalue weighted by Gasteiger charge is -2.12. The van der Waals surface area contributed by atoms with Crippen molar-refractivity contribution in [3.05, 3.63) is 54.4 Å². The molecule has 0 aliphatic heterocycles. The van der Waals surface area contributed by atoms with Gasteiger partial charge in [0.2, 0.25) is 5.91 Å². The molecule has 0 saturated carbocycles. The predicted molar refractivity (Wildman–Crippen MR) is 114 cm³/mol. The van der Waals surface area contributed by atoms with E-state index in [1.807, 2.05) is 49.4 Å². The Bertz CT molecular complexity index is 936. The summed E-state index contributed by atoms with van der Waals surface area (Å²) in [6.45, 7) is 3.92. The van der Waals surface area contributed by atoms with Crippen molar-refractivity contribution in [3.8, 4) is 11.5 Å². The number of carbonyl (C=O) groups is 1. The van der Waals surface area contributed by atoms with E-state index < -0.39 is 0 Å². The lowest BCUT2D eigenvalue weighted by molar-refractivity contribution is -0.121. The van der Waals surface area contributed by atoms with E-state index >= 15 is 0 Å². The van der Waals surface area contributed by atoms with Crippen LogP contribution in [-0.4, -0.2) is 35.7 Å². The predicted octanol–water partition coefficient (Wildman–Crippen LogP) is 3.97. The van der Waals surface area contributed by atoms with Gasteiger partial charge in [0.05, 0.1) is 24.7 Å². The van der Waals surface area contributed by atoms with Crippen molar-refractivity contribution in [2.45, 2.75) is 39.2 Å². The molecule has 2 aromatic carbocycles. The molecule has 0 saturated heterocycles. The van der Waals surface area contributed by atoms with Crippen LogP contribution in [0.1, 0.15) is 32.0 Å². The Morgan fingerprint density at radius 3 is 2.79 bits per heavy atom. The highest BCUT2D eigenvalue weighted by atomic mass is 16.5. The highest BCUT2D eigenvalue weighted by Crippen LogP contribution is 2.20. The van der Waals surface area contributed by atoms with E-state index in [9.17, 15) is 4.79 Å². The number of hydrogen-bond acceptors (Lipinski definition) is 4. The van der Waals surface area contributed by atoms with E-state index in [0.717, 1.165) is 47.6 Å². The molecular weight excluding hydrogens is 366 g/mol. The zero-order valence-electron chi connectivity index (χ0n) is 17.2. The van der Waals surface area contributed by atoms with Crippen molar-refractivity contribution in [2.75, 3.05) is 20.3 Å². The maximum Gasteiger partial charge on any atom is 0.219 e. The molecule has 0 bridgehead atoms. The van der Waals surface area contributed by atoms with Crippen LogP contribution in [0.4, 0.5) is 0 Å². The van der Waals surface area contributed by atoms with Crippen molar-refractivity contribution < 1.29 is 14.3 Å². The summed E-state index contributed by atoms with van der Waals surface area (Å²) in [7, 11) is 1.65. The van der Waals surface area contributed by atoms with Gasteiger partial charge in [0.1, 0.15) is 23.9 Å². The third-order valence-corrected chi connectivity index (χ3v) is 4.73. The topological polar surface area (TPSA) is 65.4 Å². The van der Waals surface area contributed by atoms with Gasteiger partial charge in [-0.25, -0.2) is 4.98 Å². The normalized spacial score (nSPS) is 10.8. The zero-order valence-corrected chi connectivity index (χ0v) is 17.2. The number of carbonyl (C=O) groups excluding carboxylic acids is 1. The Kier molecular flexibility index (Phi) is 7.50. The number of para-hydroxylation sites is 2. The van der Waals surface area contributed by atoms with Crippen LogP contribution in [0.25, 0.3) is 11.0 Å². The molecule has 1 N–H and O–H groups in total. The highest BCUT2D eigenvalue weighted by Gasteiger charge is 2.11. The van der Waals surface area contributed by atoms with E-state index in [2.05, 4.69) is 16.0 Å². The van der Waals surface area contributed by atoms with Gasteiger partial charge in [-0.05, 0) is 37.1 Å². The monoisotopic (exact) mass is 395 g/mol. The van der Waals surface area contributed by atoms with Crippen LogP contribution in [0.3, 0.4) is 0 Å². The Morgan fingerprint density at radius 2 is 1.97 bits per heavy atom. The number of hydrogen-bond donors (Lipinski definition) is 1. The maximum atomic E-state index is 11.6. The standard InChI is InChI=1S/C23H29N3O3/c1-3-8-23(27)24-14-7-13-22-25-20-11-4-5-12-21(20)26(22)15-16-29-19-10-6-9-18(17-19)28-2/h4-6,9-12,17H,3,7-8,13-16H2,1-2H3,(H,24,27). The van der Waals surface area contributed by atoms with E-state index in [1.165, 1.54) is 0 Å². The third-order valence-electron chi connectivity index (χ3n) is 4.73. The number of methoxy groups -OCH3 is 1. The number of rotatable bonds is 11. The van der Waals surface area contributed by atoms with E-state index in [0.29, 0.717) is 26.1 Å². The molecule has 0 aliphatic rings. The molecule has 0 unspecified atom stereocenters. The molecule has 0 fully saturated rings. The lowest BCUT2D eigenvalue weighted by Crippen LogP contribution is -2.24. The summed E-state index contributed by atoms with van der Waals surface area (Å²) >= 11 is 0. The molecule has 0 aliphatic carbocycles. The molecule has 154 valence electrons. The number of aromatic nitrogens is 2. The average molecular weight is 396 g/mol. The second kappa shape index (κ2) is 10.5. The fourth-order valence-electron chi connectivity index (χ4n) is 3.30. The Hall–Kier alpha value is -3.02. The van der Waals surface area contributed by atoms with Gasteiger partial charge in [-0.1, -0.05) is 25.1 Å². The van der Waals surface area contributed by atoms with Crippen LogP contribution in [0, 0.1) is 0 Å². The molecule has 3 rings (SSSR count). The van der Waals surface area contributed by atoms with Gasteiger partial charge < -0.3 is 19.4 Å². The number of imidazole rings is 1. The number of nitrogens with zero attached hydrogens (tertiary/aromatic N) is 2. The minimum Gasteiger partial charge on any atom is -0.497 e. The van der Waals surface area contributed by atoms with Crippen LogP contribution < -0.4 is 14.8 Å². The number of benzene rings is 2. The van der Waals surface area contributed by atoms with Gasteiger partial charge in [0, 0.05) is 25.5 Å². The van der Waals surface area contributed by atoms with Gasteiger partial charge in [-0.3, -0.25) is 4.79 Å². The highest BCUT2D eigenvalue weighted by molar-refractivity contribution is 5.76. The number of fused-ring (bicyclic) bond motifs is 1. The lowest BCUT2D eigenvalue weighted by atomic mass is 10.2. The first-order valence-corrected chi connectivity index (χ1v) is 10.2. The minimum absolute atomic E-state index is 0.118. The minimum atomic E-state index is 0.118. The van der Waals surface area contributed by atoms with Gasteiger partial charge >= 0.3 is 0 Å². The molecule has 1 heterocycles. The van der Waals surface area contributed by atoms with Crippen molar-refractivity contribution >= 4 is 16.9 Å². The van der Waals surface area contributed by atoms with Crippen LogP contribution in [0.2, 0.25) is 0 Å². The average Bonchev–Trinajstić information content (AvgIpc) is 3.09. The summed E-state index contributed by atoms with van der Waals surface area (Å²) < 4.78 is 13.4. The van der Waals surface area contributed by atoms with Crippen LogP contribution >= 0.6 is 0 Å². The van der Waals surface area contributed by atoms with Crippen molar-refractivity contribution in [1.82, 2.24) is 14.9 Å². The maximum absolute atomic E-state index is 11.6. The fraction of sp³-hybridized carbons (Fsp3) is 0.391. The zero-order chi connectivity index (χ0) is 20.5. The molecule has 1 aromatic heterocycles. The Labute approximate surface area is 171 Å². The van der Waals surface area contributed by atoms with Gasteiger partial charge in [0.25, 0.3) is 0 Å². The summed E-state index contributed by atoms with van der Waals surface area (Å²) in [5, 5.41) is 2.97. The summed E-state index contributed by atoms with van der Waals surface area (Å²) in [5.74, 6) is 2.70. The Morgan fingerprint density at radius 1 is 1.14 bits per heavy atom. The second-order valence-corrected chi connectivity index (χ2v) is 6.90. The second-order valence-electron chi connectivity index (χ2n) is 6.90. The molecule has 1 amide bonds. The van der Waals surface area contributed by atoms with Crippen molar-refractivity contribution in [3.63, 3.8) is 0 Å². The number of amides is 1. The van der Waals surface area contributed by atoms with Gasteiger partial charge in [0.15, 0.2) is 0 Å². The van der Waals surface area contributed by atoms with E-state index in [-0.39, 0.29) is 5.91 Å². The summed E-state index contributed by atoms with van der Waals surface area (Å²) in [5.41, 5.74) is 2.09. The van der Waals surface area contributed by atoms with E-state index in [1.54, 1.807) is 7.11 Å². The first kappa shape index (κ1) is 20.7. The molecular formula is C23H29N3O3. The number of ether oxygens (including phenoxy) is 2. The summed E-state index contributed by atoms with van der Waals surface area (Å²) in [4.78, 5) is 16.4. The van der Waals surface area contributed by atoms with Gasteiger partial charge in [-0.15, -0.1) is 0 Å². The van der Waals surface area contributed by atoms with Crippen molar-refractivity contribution in [2.24, 2.45) is 0 Å². The first-order valence-electron chi connectivity index (χ1n) is 10.2. The quantitative estimate of drug-likeness (QED) is 0.499. The molecule has 6 nitrogen and oxygen atoms in total. The molecule has 29 heavy (non-hydrogen) atoms. The SMILES string of the molecule is CCCC(=O)NCCCc1nc2ccccc2n1CCOc1cccc(OC)c1. The van der Waals surface area contributed by atoms with Crippen LogP contribution in [0.5, 0.6) is 11.5 Å². The molecule has 0 radical (unpaired) electrons.